The van der Waals surface area contributed by atoms with Crippen molar-refractivity contribution in [2.75, 3.05) is 12.8 Å². The number of hydrogen-bond acceptors (Lipinski definition) is 7. The lowest BCUT2D eigenvalue weighted by Crippen LogP contribution is -2.08. The lowest BCUT2D eigenvalue weighted by molar-refractivity contribution is 0.414. The third-order valence-corrected chi connectivity index (χ3v) is 7.74. The minimum absolute atomic E-state index is 0.0673. The number of fused-ring (bicyclic) bond motifs is 2. The van der Waals surface area contributed by atoms with Crippen LogP contribution >= 0.6 is 0 Å². The van der Waals surface area contributed by atoms with Gasteiger partial charge >= 0.3 is 0 Å². The van der Waals surface area contributed by atoms with Gasteiger partial charge in [-0.15, -0.1) is 0 Å². The van der Waals surface area contributed by atoms with Crippen LogP contribution in [0.25, 0.3) is 22.2 Å². The number of nitrogens with zero attached hydrogens (tertiary/aromatic N) is 4. The van der Waals surface area contributed by atoms with E-state index < -0.39 is 9.84 Å². The Morgan fingerprint density at radius 3 is 2.40 bits per heavy atom. The predicted molar refractivity (Wildman–Crippen MR) is 137 cm³/mol. The van der Waals surface area contributed by atoms with Gasteiger partial charge in [-0.05, 0) is 55.3 Å². The average molecular weight is 486 g/mol. The fourth-order valence-electron chi connectivity index (χ4n) is 4.00. The highest BCUT2D eigenvalue weighted by molar-refractivity contribution is 7.92. The number of rotatable bonds is 5. The van der Waals surface area contributed by atoms with Gasteiger partial charge in [0.25, 0.3) is 0 Å². The average Bonchev–Trinajstić information content (AvgIpc) is 3.13. The van der Waals surface area contributed by atoms with Crippen LogP contribution in [-0.4, -0.2) is 36.4 Å². The summed E-state index contributed by atoms with van der Waals surface area (Å²) in [6.07, 6.45) is 1.56. The highest BCUT2D eigenvalue weighted by Crippen LogP contribution is 2.36. The molecule has 0 amide bonds. The first kappa shape index (κ1) is 22.5. The quantitative estimate of drug-likeness (QED) is 0.367. The number of aromatic nitrogens is 3. The molecule has 0 unspecified atom stereocenters. The van der Waals surface area contributed by atoms with Gasteiger partial charge < -0.3 is 10.5 Å². The number of nitrogens with two attached hydrogens (primary N) is 1. The number of sulfone groups is 1. The van der Waals surface area contributed by atoms with E-state index in [1.54, 1.807) is 44.5 Å². The molecule has 176 valence electrons. The molecule has 9 heteroatoms. The molecule has 0 saturated carbocycles. The molecule has 8 nitrogen and oxygen atoms in total. The fraction of sp³-hybridized carbons (Fsp3) is 0.115. The summed E-state index contributed by atoms with van der Waals surface area (Å²) < 4.78 is 34.6. The molecule has 5 rings (SSSR count). The molecule has 0 radical (unpaired) electrons. The second-order valence-corrected chi connectivity index (χ2v) is 10.0. The molecule has 3 aromatic carbocycles. The minimum atomic E-state index is -4.04. The zero-order chi connectivity index (χ0) is 24.7. The molecule has 0 saturated heterocycles. The van der Waals surface area contributed by atoms with Crippen molar-refractivity contribution in [1.82, 2.24) is 14.6 Å². The summed E-state index contributed by atoms with van der Waals surface area (Å²) in [5.41, 5.74) is 10.2. The van der Waals surface area contributed by atoms with Gasteiger partial charge in [0.2, 0.25) is 9.84 Å². The molecule has 0 aliphatic heterocycles. The number of anilines is 1. The molecule has 2 aromatic heterocycles. The zero-order valence-electron chi connectivity index (χ0n) is 19.4. The van der Waals surface area contributed by atoms with E-state index in [-0.39, 0.29) is 26.8 Å². The van der Waals surface area contributed by atoms with Crippen molar-refractivity contribution in [2.45, 2.75) is 23.6 Å². The lowest BCUT2D eigenvalue weighted by atomic mass is 10.2. The monoisotopic (exact) mass is 485 g/mol. The van der Waals surface area contributed by atoms with E-state index in [4.69, 9.17) is 10.5 Å². The first-order valence-corrected chi connectivity index (χ1v) is 12.4. The number of hydrogen-bond donors (Lipinski definition) is 1. The van der Waals surface area contributed by atoms with Crippen LogP contribution in [0.15, 0.2) is 81.6 Å². The van der Waals surface area contributed by atoms with Crippen LogP contribution in [0.3, 0.4) is 0 Å². The van der Waals surface area contributed by atoms with Crippen molar-refractivity contribution < 1.29 is 13.2 Å². The lowest BCUT2D eigenvalue weighted by Gasteiger charge is -2.09. The molecular weight excluding hydrogens is 462 g/mol. The van der Waals surface area contributed by atoms with Crippen LogP contribution in [0.4, 0.5) is 5.82 Å². The summed E-state index contributed by atoms with van der Waals surface area (Å²) in [6.45, 7) is 3.60. The Labute approximate surface area is 202 Å². The van der Waals surface area contributed by atoms with E-state index in [0.29, 0.717) is 27.9 Å². The van der Waals surface area contributed by atoms with Gasteiger partial charge in [0.15, 0.2) is 5.65 Å². The van der Waals surface area contributed by atoms with E-state index >= 15 is 0 Å². The van der Waals surface area contributed by atoms with Gasteiger partial charge in [0.05, 0.1) is 29.3 Å². The summed E-state index contributed by atoms with van der Waals surface area (Å²) in [4.78, 5) is 9.38. The third-order valence-electron chi connectivity index (χ3n) is 5.78. The van der Waals surface area contributed by atoms with Crippen molar-refractivity contribution in [1.29, 1.82) is 0 Å². The SMILES string of the molecule is COc1ccccc1/C=N/n1c(N)c(S(=O)(=O)c2cc(C)ccc2C)c2nc3ccccc3nc21. The van der Waals surface area contributed by atoms with Crippen LogP contribution in [0.5, 0.6) is 5.75 Å². The van der Waals surface area contributed by atoms with Crippen LogP contribution in [0, 0.1) is 13.8 Å². The minimum Gasteiger partial charge on any atom is -0.496 e. The Morgan fingerprint density at radius 2 is 1.66 bits per heavy atom. The van der Waals surface area contributed by atoms with Crippen LogP contribution in [0.2, 0.25) is 0 Å². The third kappa shape index (κ3) is 3.79. The molecule has 0 atom stereocenters. The van der Waals surface area contributed by atoms with Crippen molar-refractivity contribution >= 4 is 44.1 Å². The Hall–Kier alpha value is -4.24. The number of aryl methyl sites for hydroxylation is 2. The summed E-state index contributed by atoms with van der Waals surface area (Å²) in [6, 6.07) is 19.9. The number of para-hydroxylation sites is 3. The Kier molecular flexibility index (Phi) is 5.49. The van der Waals surface area contributed by atoms with E-state index in [1.807, 2.05) is 49.4 Å². The van der Waals surface area contributed by atoms with Crippen LogP contribution in [0.1, 0.15) is 16.7 Å². The fourth-order valence-corrected chi connectivity index (χ4v) is 5.81. The molecule has 2 N–H and O–H groups in total. The second kappa shape index (κ2) is 8.52. The van der Waals surface area contributed by atoms with Gasteiger partial charge in [0.1, 0.15) is 22.0 Å². The highest BCUT2D eigenvalue weighted by atomic mass is 32.2. The van der Waals surface area contributed by atoms with Gasteiger partial charge in [0, 0.05) is 5.56 Å². The van der Waals surface area contributed by atoms with Gasteiger partial charge in [-0.3, -0.25) is 0 Å². The maximum Gasteiger partial charge on any atom is 0.212 e. The number of nitrogen functional groups attached to an aromatic ring is 1. The first-order chi connectivity index (χ1) is 16.8. The van der Waals surface area contributed by atoms with Gasteiger partial charge in [-0.25, -0.2) is 18.4 Å². The Morgan fingerprint density at radius 1 is 0.971 bits per heavy atom. The maximum atomic E-state index is 13.9. The molecule has 0 aliphatic rings. The molecule has 5 aromatic rings. The smallest absolute Gasteiger partial charge is 0.212 e. The van der Waals surface area contributed by atoms with E-state index in [1.165, 1.54) is 4.68 Å². The largest absolute Gasteiger partial charge is 0.496 e. The van der Waals surface area contributed by atoms with Gasteiger partial charge in [-0.1, -0.05) is 36.4 Å². The summed E-state index contributed by atoms with van der Waals surface area (Å²) in [5, 5.41) is 4.51. The molecule has 35 heavy (non-hydrogen) atoms. The normalized spacial score (nSPS) is 12.1. The molecule has 2 heterocycles. The van der Waals surface area contributed by atoms with E-state index in [9.17, 15) is 8.42 Å². The number of benzene rings is 3. The van der Waals surface area contributed by atoms with E-state index in [2.05, 4.69) is 15.1 Å². The van der Waals surface area contributed by atoms with E-state index in [0.717, 1.165) is 5.56 Å². The summed E-state index contributed by atoms with van der Waals surface area (Å²) >= 11 is 0. The van der Waals surface area contributed by atoms with Crippen molar-refractivity contribution in [3.05, 3.63) is 83.4 Å². The zero-order valence-corrected chi connectivity index (χ0v) is 20.2. The predicted octanol–water partition coefficient (Wildman–Crippen LogP) is 4.51. The van der Waals surface area contributed by atoms with Crippen molar-refractivity contribution in [3.63, 3.8) is 0 Å². The molecule has 0 aliphatic carbocycles. The number of ether oxygens (including phenoxy) is 1. The second-order valence-electron chi connectivity index (χ2n) is 8.17. The van der Waals surface area contributed by atoms with Crippen LogP contribution < -0.4 is 10.5 Å². The topological polar surface area (TPSA) is 112 Å². The molecular formula is C26H23N5O3S. The van der Waals surface area contributed by atoms with Crippen molar-refractivity contribution in [2.24, 2.45) is 5.10 Å². The first-order valence-electron chi connectivity index (χ1n) is 10.9. The molecule has 0 fully saturated rings. The van der Waals surface area contributed by atoms with Crippen LogP contribution in [-0.2, 0) is 9.84 Å². The highest BCUT2D eigenvalue weighted by Gasteiger charge is 2.31. The number of methoxy groups -OCH3 is 1. The maximum absolute atomic E-state index is 13.9. The standard InChI is InChI=1S/C26H23N5O3S/c1-16-12-13-17(2)22(14-16)35(32,33)24-23-26(30-20-10-6-5-9-19(20)29-23)31(25(24)27)28-15-18-8-4-7-11-21(18)34-3/h4-15H,27H2,1-3H3/b28-15+. The summed E-state index contributed by atoms with van der Waals surface area (Å²) in [7, 11) is -2.47. The van der Waals surface area contributed by atoms with Gasteiger partial charge in [-0.2, -0.15) is 9.78 Å². The molecule has 0 spiro atoms. The van der Waals surface area contributed by atoms with Crippen molar-refractivity contribution in [3.8, 4) is 5.75 Å². The summed E-state index contributed by atoms with van der Waals surface area (Å²) in [5.74, 6) is 0.549. The Balaban J connectivity index is 1.82. The Bertz CT molecular complexity index is 1740. The molecule has 0 bridgehead atoms.